The monoisotopic (exact) mass is 1790 g/mol. The zero-order valence-electron chi connectivity index (χ0n) is 78.5. The zero-order valence-corrected chi connectivity index (χ0v) is 78.5. The molecule has 0 aliphatic carbocycles. The first kappa shape index (κ1) is 84.3. The van der Waals surface area contributed by atoms with Crippen LogP contribution in [-0.2, 0) is 5.41 Å². The molecule has 140 heavy (non-hydrogen) atoms. The summed E-state index contributed by atoms with van der Waals surface area (Å²) in [6.07, 6.45) is 0. The van der Waals surface area contributed by atoms with Crippen molar-refractivity contribution in [3.8, 4) is 122 Å². The number of rotatable bonds is 12. The van der Waals surface area contributed by atoms with E-state index in [0.29, 0.717) is 5.92 Å². The fourth-order valence-corrected chi connectivity index (χ4v) is 22.3. The zero-order chi connectivity index (χ0) is 93.6. The fraction of sp³-hybridized carbons (Fsp3) is 0.0511. The molecule has 0 radical (unpaired) electrons. The lowest BCUT2D eigenvalue weighted by atomic mass is 9.84. The second kappa shape index (κ2) is 35.0. The molecular weight excluding hydrogens is 1690 g/mol. The van der Waals surface area contributed by atoms with Crippen molar-refractivity contribution in [1.82, 2.24) is 0 Å². The molecule has 0 saturated heterocycles. The molecule has 0 amide bonds. The van der Waals surface area contributed by atoms with Crippen molar-refractivity contribution in [2.45, 2.75) is 46.0 Å². The van der Waals surface area contributed by atoms with Gasteiger partial charge in [0.25, 0.3) is 0 Å². The molecule has 0 spiro atoms. The van der Waals surface area contributed by atoms with E-state index in [1.807, 2.05) is 0 Å². The molecule has 0 saturated carbocycles. The van der Waals surface area contributed by atoms with Gasteiger partial charge in [-0.05, 0) is 222 Å². The molecule has 3 heteroatoms. The summed E-state index contributed by atoms with van der Waals surface area (Å²) in [5.74, 6) is 0.465. The van der Waals surface area contributed by atoms with Crippen LogP contribution in [0.1, 0.15) is 51.7 Å². The average Bonchev–Trinajstić information content (AvgIpc) is 1.05. The highest BCUT2D eigenvalue weighted by atomic mass is 16.3. The van der Waals surface area contributed by atoms with Crippen LogP contribution in [0.15, 0.2) is 499 Å². The summed E-state index contributed by atoms with van der Waals surface area (Å²) in [5, 5.41) is 24.3. The van der Waals surface area contributed by atoms with Crippen LogP contribution in [0.25, 0.3) is 264 Å². The van der Waals surface area contributed by atoms with Gasteiger partial charge in [-0.1, -0.05) is 502 Å². The molecule has 3 nitrogen and oxygen atoms in total. The lowest BCUT2D eigenvalue weighted by molar-refractivity contribution is 0.590. The summed E-state index contributed by atoms with van der Waals surface area (Å²) in [7, 11) is 0. The van der Waals surface area contributed by atoms with E-state index in [1.54, 1.807) is 0 Å². The molecule has 0 aliphatic rings. The first-order chi connectivity index (χ1) is 69.0. The summed E-state index contributed by atoms with van der Waals surface area (Å²) < 4.78 is 20.4. The molecule has 27 rings (SSSR count). The second-order valence-corrected chi connectivity index (χ2v) is 38.3. The van der Waals surface area contributed by atoms with E-state index in [4.69, 9.17) is 13.3 Å². The molecule has 0 atom stereocenters. The maximum Gasteiger partial charge on any atom is 0.143 e. The highest BCUT2D eigenvalue weighted by molar-refractivity contribution is 6.31. The number of furan rings is 3. The summed E-state index contributed by atoms with van der Waals surface area (Å²) in [6.45, 7) is 11.3. The number of para-hydroxylation sites is 3. The van der Waals surface area contributed by atoms with Crippen molar-refractivity contribution in [3.63, 3.8) is 0 Å². The van der Waals surface area contributed by atoms with Crippen LogP contribution in [0.2, 0.25) is 0 Å². The summed E-state index contributed by atoms with van der Waals surface area (Å²) in [5.41, 5.74) is 34.7. The number of hydrogen-bond acceptors (Lipinski definition) is 3. The number of fused-ring (bicyclic) bond motifs is 16. The lowest BCUT2D eigenvalue weighted by Crippen LogP contribution is -2.10. The predicted molar refractivity (Wildman–Crippen MR) is 596 cm³/mol. The Hall–Kier alpha value is -17.5. The first-order valence-corrected chi connectivity index (χ1v) is 48.7. The molecule has 0 unspecified atom stereocenters. The molecule has 0 bridgehead atoms. The van der Waals surface area contributed by atoms with Gasteiger partial charge >= 0.3 is 0 Å². The Morgan fingerprint density at radius 3 is 0.850 bits per heavy atom. The SMILES string of the molecule is CC(C)(C)c1cccc(-c2cccc3c2oc2cccc(-c4c5ccccc5c(-c5ccccc5)c5ccccc45)c23)c1.CC(C)c1cccc(-c2cccc3c2oc2cccc(-c4c5ccccc5c(-c5ccccc5)c5ccccc45)c23)c1.c1ccc(-c2ccc(-c3ccccc3-c3cccc4c3oc3cccc(-c5c6ccccc6c(-c6cccc7ccccc67)c6ccccc56)c34)cc2)cc1. The Morgan fingerprint density at radius 2 is 0.436 bits per heavy atom. The van der Waals surface area contributed by atoms with Gasteiger partial charge in [0.15, 0.2) is 0 Å². The third kappa shape index (κ3) is 14.5. The summed E-state index contributed by atoms with van der Waals surface area (Å²) in [6, 6.07) is 175. The van der Waals surface area contributed by atoms with Crippen molar-refractivity contribution >= 4 is 141 Å². The summed E-state index contributed by atoms with van der Waals surface area (Å²) in [4.78, 5) is 0. The maximum atomic E-state index is 6.93. The summed E-state index contributed by atoms with van der Waals surface area (Å²) >= 11 is 0. The van der Waals surface area contributed by atoms with Crippen molar-refractivity contribution < 1.29 is 13.3 Å². The minimum absolute atomic E-state index is 0.0684. The highest BCUT2D eigenvalue weighted by Crippen LogP contribution is 2.54. The van der Waals surface area contributed by atoms with Gasteiger partial charge in [0.2, 0.25) is 0 Å². The van der Waals surface area contributed by atoms with Crippen LogP contribution < -0.4 is 0 Å². The predicted octanol–water partition coefficient (Wildman–Crippen LogP) is 39.6. The van der Waals surface area contributed by atoms with Gasteiger partial charge < -0.3 is 13.3 Å². The van der Waals surface area contributed by atoms with Gasteiger partial charge in [0.05, 0.1) is 0 Å². The molecule has 0 fully saturated rings. The van der Waals surface area contributed by atoms with Gasteiger partial charge in [-0.25, -0.2) is 0 Å². The van der Waals surface area contributed by atoms with E-state index >= 15 is 0 Å². The molecular formula is C137H96O3. The van der Waals surface area contributed by atoms with E-state index in [1.165, 1.54) is 187 Å². The Morgan fingerprint density at radius 1 is 0.171 bits per heavy atom. The van der Waals surface area contributed by atoms with E-state index in [0.717, 1.165) is 88.1 Å². The van der Waals surface area contributed by atoms with E-state index in [9.17, 15) is 0 Å². The van der Waals surface area contributed by atoms with E-state index in [2.05, 4.69) is 520 Å². The normalized spacial score (nSPS) is 11.8. The van der Waals surface area contributed by atoms with Gasteiger partial charge in [-0.2, -0.15) is 0 Å². The smallest absolute Gasteiger partial charge is 0.143 e. The van der Waals surface area contributed by atoms with Crippen LogP contribution in [0.4, 0.5) is 0 Å². The Bertz CT molecular complexity index is 9380. The largest absolute Gasteiger partial charge is 0.455 e. The van der Waals surface area contributed by atoms with Crippen molar-refractivity contribution in [2.24, 2.45) is 0 Å². The van der Waals surface area contributed by atoms with E-state index in [-0.39, 0.29) is 5.41 Å². The fourth-order valence-electron chi connectivity index (χ4n) is 22.3. The first-order valence-electron chi connectivity index (χ1n) is 48.7. The Balaban J connectivity index is 0.000000112. The average molecular weight is 1790 g/mol. The van der Waals surface area contributed by atoms with Crippen LogP contribution in [-0.4, -0.2) is 0 Å². The van der Waals surface area contributed by atoms with Crippen molar-refractivity contribution in [1.29, 1.82) is 0 Å². The quantitative estimate of drug-likeness (QED) is 0.114. The van der Waals surface area contributed by atoms with Crippen LogP contribution in [0.5, 0.6) is 0 Å². The molecule has 3 heterocycles. The number of benzene rings is 24. The van der Waals surface area contributed by atoms with E-state index < -0.39 is 0 Å². The molecule has 3 aromatic heterocycles. The highest BCUT2D eigenvalue weighted by Gasteiger charge is 2.28. The van der Waals surface area contributed by atoms with Crippen LogP contribution in [0.3, 0.4) is 0 Å². The topological polar surface area (TPSA) is 39.4 Å². The third-order valence-electron chi connectivity index (χ3n) is 28.8. The van der Waals surface area contributed by atoms with Gasteiger partial charge in [0.1, 0.15) is 33.5 Å². The van der Waals surface area contributed by atoms with Gasteiger partial charge in [-0.15, -0.1) is 0 Å². The van der Waals surface area contributed by atoms with Gasteiger partial charge in [-0.3, -0.25) is 0 Å². The van der Waals surface area contributed by atoms with Crippen molar-refractivity contribution in [3.05, 3.63) is 496 Å². The minimum Gasteiger partial charge on any atom is -0.455 e. The molecule has 24 aromatic carbocycles. The molecule has 0 aliphatic heterocycles. The maximum absolute atomic E-state index is 6.93. The van der Waals surface area contributed by atoms with Crippen LogP contribution in [0, 0.1) is 0 Å². The lowest BCUT2D eigenvalue weighted by Gasteiger charge is -2.19. The van der Waals surface area contributed by atoms with Crippen molar-refractivity contribution in [2.75, 3.05) is 0 Å². The molecule has 662 valence electrons. The standard InChI is InChI=1S/C54H34O.C42H32O.C41H30O/c1-2-15-35(16-3-1)36-31-33-38(34-32-36)39-19-6-7-21-41(39)47-27-13-29-49-53-48(28-14-30-50(53)55-54(47)49)52-45-24-10-8-22-43(45)51(44-23-9-11-25-46(44)52)42-26-12-18-37-17-4-5-20-40(37)42;1-42(2,3)29-17-11-16-28(26-29)30-22-12-24-36-40-35(23-13-25-37(40)43-41(30)36)39-33-20-9-7-18-31(33)38(27-14-5-4-6-15-27)32-19-8-10-21-34(32)39;1-26(2)28-15-10-16-29(25-28)30-21-11-23-36-40-35(22-12-24-37(40)42-41(30)36)39-33-19-8-6-17-31(33)38(27-13-4-3-5-14-27)32-18-7-9-20-34(32)39/h1-34H;4-26H,1-3H3;3-26H,1-2H3. The molecule has 27 aromatic rings. The minimum atomic E-state index is 0.0684. The van der Waals surface area contributed by atoms with Gasteiger partial charge in [0, 0.05) is 49.0 Å². The Labute approximate surface area is 813 Å². The second-order valence-electron chi connectivity index (χ2n) is 38.3. The third-order valence-corrected chi connectivity index (χ3v) is 28.8. The molecule has 0 N–H and O–H groups in total. The van der Waals surface area contributed by atoms with Crippen LogP contribution >= 0.6 is 0 Å². The number of hydrogen-bond donors (Lipinski definition) is 0. The Kier molecular flexibility index (Phi) is 21.1.